The number of anilines is 2. The molecule has 6 rings (SSSR count). The lowest BCUT2D eigenvalue weighted by atomic mass is 10.1. The molecule has 3 aliphatic heterocycles. The predicted molar refractivity (Wildman–Crippen MR) is 128 cm³/mol. The molecular formula is C25H30N4Si. The number of fused-ring (bicyclic) bond motifs is 13. The fourth-order valence-corrected chi connectivity index (χ4v) is 8.02. The van der Waals surface area contributed by atoms with Crippen LogP contribution in [0.15, 0.2) is 73.3 Å². The minimum absolute atomic E-state index is 0.585. The maximum atomic E-state index is 2.57. The topological polar surface area (TPSA) is 13.0 Å². The van der Waals surface area contributed by atoms with Crippen molar-refractivity contribution >= 4 is 29.8 Å². The van der Waals surface area contributed by atoms with Gasteiger partial charge in [-0.3, -0.25) is 0 Å². The number of hydrogen-bond acceptors (Lipinski definition) is 4. The van der Waals surface area contributed by atoms with Crippen LogP contribution < -0.4 is 20.2 Å². The molecule has 2 aromatic rings. The van der Waals surface area contributed by atoms with Crippen LogP contribution in [0.2, 0.25) is 13.1 Å². The van der Waals surface area contributed by atoms with Crippen LogP contribution in [0.25, 0.3) is 0 Å². The average molecular weight is 415 g/mol. The van der Waals surface area contributed by atoms with Crippen molar-refractivity contribution in [2.75, 3.05) is 23.1 Å². The molecule has 8 bridgehead atoms. The summed E-state index contributed by atoms with van der Waals surface area (Å²) in [6.45, 7) is 6.88. The minimum atomic E-state index is -1.79. The Morgan fingerprint density at radius 2 is 1.20 bits per heavy atom. The minimum Gasteiger partial charge on any atom is -0.353 e. The van der Waals surface area contributed by atoms with Crippen LogP contribution in [-0.2, 0) is 0 Å². The Kier molecular flexibility index (Phi) is 4.03. The SMILES string of the molecule is C[Si]1(C)c2cccc(c2)N2C=CN(C2)C2CCCC2N2C=CN(C2)c2cccc1c2. The maximum Gasteiger partial charge on any atom is 0.112 e. The normalized spacial score (nSPS) is 26.1. The Labute approximate surface area is 180 Å². The summed E-state index contributed by atoms with van der Waals surface area (Å²) >= 11 is 0. The zero-order chi connectivity index (χ0) is 20.3. The smallest absolute Gasteiger partial charge is 0.112 e. The van der Waals surface area contributed by atoms with Gasteiger partial charge in [-0.15, -0.1) is 0 Å². The molecule has 0 N–H and O–H groups in total. The Morgan fingerprint density at radius 3 is 1.70 bits per heavy atom. The van der Waals surface area contributed by atoms with E-state index in [0.29, 0.717) is 12.1 Å². The van der Waals surface area contributed by atoms with Crippen molar-refractivity contribution in [3.8, 4) is 0 Å². The van der Waals surface area contributed by atoms with Crippen molar-refractivity contribution in [2.24, 2.45) is 0 Å². The molecular weight excluding hydrogens is 384 g/mol. The standard InChI is InChI=1S/C25H30N4Si/c1-30(2)22-8-3-6-20(16-22)26-12-14-28(18-26)24-10-5-11-25(24)29-15-13-27(19-29)21-7-4-9-23(30)17-21/h3-4,6-9,12-17,24-25H,5,10-11,18-19H2,1-2H3. The van der Waals surface area contributed by atoms with Gasteiger partial charge in [-0.2, -0.15) is 0 Å². The van der Waals surface area contributed by atoms with Crippen molar-refractivity contribution < 1.29 is 0 Å². The van der Waals surface area contributed by atoms with Crippen LogP contribution in [-0.4, -0.2) is 43.3 Å². The molecule has 30 heavy (non-hydrogen) atoms. The lowest BCUT2D eigenvalue weighted by molar-refractivity contribution is 0.181. The summed E-state index contributed by atoms with van der Waals surface area (Å²) in [5, 5.41) is 2.99. The molecule has 1 aliphatic carbocycles. The van der Waals surface area contributed by atoms with Gasteiger partial charge < -0.3 is 19.6 Å². The molecule has 0 saturated heterocycles. The summed E-state index contributed by atoms with van der Waals surface area (Å²) in [4.78, 5) is 9.99. The van der Waals surface area contributed by atoms with E-state index in [0.717, 1.165) is 13.3 Å². The highest BCUT2D eigenvalue weighted by molar-refractivity contribution is 7.00. The van der Waals surface area contributed by atoms with Crippen LogP contribution in [0, 0.1) is 0 Å². The van der Waals surface area contributed by atoms with E-state index in [1.165, 1.54) is 41.0 Å². The monoisotopic (exact) mass is 414 g/mol. The second-order valence-electron chi connectivity index (χ2n) is 9.64. The zero-order valence-electron chi connectivity index (χ0n) is 17.9. The Hall–Kier alpha value is -2.66. The van der Waals surface area contributed by atoms with E-state index < -0.39 is 8.07 Å². The molecule has 0 radical (unpaired) electrons. The summed E-state index contributed by atoms with van der Waals surface area (Å²) < 4.78 is 0. The lowest BCUT2D eigenvalue weighted by Crippen LogP contribution is -2.53. The summed E-state index contributed by atoms with van der Waals surface area (Å²) in [5.41, 5.74) is 2.63. The van der Waals surface area contributed by atoms with Crippen LogP contribution in [0.1, 0.15) is 19.3 Å². The summed E-state index contributed by atoms with van der Waals surface area (Å²) in [7, 11) is -1.79. The van der Waals surface area contributed by atoms with E-state index in [-0.39, 0.29) is 0 Å². The van der Waals surface area contributed by atoms with Crippen molar-refractivity contribution in [3.63, 3.8) is 0 Å². The summed E-state index contributed by atoms with van der Waals surface area (Å²) in [6, 6.07) is 19.7. The Balaban J connectivity index is 1.48. The molecule has 0 spiro atoms. The molecule has 0 amide bonds. The van der Waals surface area contributed by atoms with Crippen molar-refractivity contribution in [3.05, 3.63) is 73.3 Å². The van der Waals surface area contributed by atoms with Crippen molar-refractivity contribution in [1.82, 2.24) is 9.80 Å². The molecule has 2 unspecified atom stereocenters. The molecule has 5 heteroatoms. The predicted octanol–water partition coefficient (Wildman–Crippen LogP) is 3.55. The fourth-order valence-electron chi connectivity index (χ4n) is 5.65. The molecule has 0 aromatic heterocycles. The third kappa shape index (κ3) is 2.79. The van der Waals surface area contributed by atoms with Gasteiger partial charge in [0.25, 0.3) is 0 Å². The number of nitrogens with zero attached hydrogens (tertiary/aromatic N) is 4. The average Bonchev–Trinajstić information content (AvgIpc) is 3.53. The van der Waals surface area contributed by atoms with Crippen LogP contribution >= 0.6 is 0 Å². The Bertz CT molecular complexity index is 950. The number of hydrogen-bond donors (Lipinski definition) is 0. The van der Waals surface area contributed by atoms with Crippen molar-refractivity contribution in [2.45, 2.75) is 44.4 Å². The molecule has 4 nitrogen and oxygen atoms in total. The molecule has 1 saturated carbocycles. The van der Waals surface area contributed by atoms with Gasteiger partial charge >= 0.3 is 0 Å². The highest BCUT2D eigenvalue weighted by Crippen LogP contribution is 2.34. The van der Waals surface area contributed by atoms with E-state index in [9.17, 15) is 0 Å². The van der Waals surface area contributed by atoms with E-state index >= 15 is 0 Å². The molecule has 1 fully saturated rings. The van der Waals surface area contributed by atoms with Gasteiger partial charge in [0.15, 0.2) is 0 Å². The first kappa shape index (κ1) is 18.1. The van der Waals surface area contributed by atoms with Crippen LogP contribution in [0.5, 0.6) is 0 Å². The maximum absolute atomic E-state index is 2.57. The molecule has 154 valence electrons. The van der Waals surface area contributed by atoms with Gasteiger partial charge in [0.2, 0.25) is 0 Å². The number of benzene rings is 2. The van der Waals surface area contributed by atoms with Gasteiger partial charge in [-0.05, 0) is 43.5 Å². The highest BCUT2D eigenvalue weighted by Gasteiger charge is 2.38. The first-order chi connectivity index (χ1) is 14.6. The molecule has 2 atom stereocenters. The van der Waals surface area contributed by atoms with Crippen molar-refractivity contribution in [1.29, 1.82) is 0 Å². The van der Waals surface area contributed by atoms with E-state index in [4.69, 9.17) is 0 Å². The number of rotatable bonds is 0. The highest BCUT2D eigenvalue weighted by atomic mass is 28.3. The first-order valence-corrected chi connectivity index (χ1v) is 14.2. The fraction of sp³-hybridized carbons (Fsp3) is 0.360. The Morgan fingerprint density at radius 1 is 0.700 bits per heavy atom. The van der Waals surface area contributed by atoms with Gasteiger partial charge in [0.05, 0.1) is 25.4 Å². The second kappa shape index (κ2) is 6.67. The third-order valence-corrected chi connectivity index (χ3v) is 11.1. The lowest BCUT2D eigenvalue weighted by Gasteiger charge is -2.36. The molecule has 4 aliphatic rings. The molecule has 2 aromatic carbocycles. The second-order valence-corrected chi connectivity index (χ2v) is 14.0. The van der Waals surface area contributed by atoms with Crippen LogP contribution in [0.3, 0.4) is 0 Å². The van der Waals surface area contributed by atoms with Gasteiger partial charge in [0.1, 0.15) is 8.07 Å². The van der Waals surface area contributed by atoms with E-state index in [1.54, 1.807) is 0 Å². The molecule has 3 heterocycles. The van der Waals surface area contributed by atoms with E-state index in [2.05, 4.69) is 106 Å². The van der Waals surface area contributed by atoms with Crippen LogP contribution in [0.4, 0.5) is 11.4 Å². The third-order valence-electron chi connectivity index (χ3n) is 7.60. The van der Waals surface area contributed by atoms with Gasteiger partial charge in [-0.1, -0.05) is 47.7 Å². The van der Waals surface area contributed by atoms with Gasteiger partial charge in [-0.25, -0.2) is 0 Å². The summed E-state index contributed by atoms with van der Waals surface area (Å²) in [6.07, 6.45) is 13.1. The zero-order valence-corrected chi connectivity index (χ0v) is 18.9. The first-order valence-electron chi connectivity index (χ1n) is 11.2. The largest absolute Gasteiger partial charge is 0.353 e. The van der Waals surface area contributed by atoms with E-state index in [1.807, 2.05) is 0 Å². The van der Waals surface area contributed by atoms with Gasteiger partial charge in [0, 0.05) is 36.2 Å². The quantitative estimate of drug-likeness (QED) is 0.611. The summed E-state index contributed by atoms with van der Waals surface area (Å²) in [5.74, 6) is 0.